The smallest absolute Gasteiger partial charge is 0.410 e. The molecule has 1 N–H and O–H groups in total. The molecule has 3 rings (SSSR count). The van der Waals surface area contributed by atoms with Crippen LogP contribution in [0.15, 0.2) is 24.3 Å². The van der Waals surface area contributed by atoms with Crippen LogP contribution in [0.5, 0.6) is 0 Å². The number of carbonyl (C=O) groups is 2. The lowest BCUT2D eigenvalue weighted by Gasteiger charge is -2.36. The highest BCUT2D eigenvalue weighted by atomic mass is 19.1. The molecule has 154 valence electrons. The van der Waals surface area contributed by atoms with Crippen molar-refractivity contribution in [3.8, 4) is 0 Å². The predicted octanol–water partition coefficient (Wildman–Crippen LogP) is 4.36. The first-order chi connectivity index (χ1) is 13.2. The zero-order valence-corrected chi connectivity index (χ0v) is 17.1. The minimum absolute atomic E-state index is 0.0371. The van der Waals surface area contributed by atoms with Gasteiger partial charge in [-0.25, -0.2) is 9.18 Å². The van der Waals surface area contributed by atoms with Crippen LogP contribution in [-0.2, 0) is 15.1 Å². The van der Waals surface area contributed by atoms with Gasteiger partial charge in [-0.1, -0.05) is 25.0 Å². The molecule has 1 heterocycles. The van der Waals surface area contributed by atoms with Crippen molar-refractivity contribution in [2.45, 2.75) is 70.4 Å². The zero-order valence-electron chi connectivity index (χ0n) is 17.1. The molecular formula is C22H31FN2O3. The lowest BCUT2D eigenvalue weighted by atomic mass is 9.86. The van der Waals surface area contributed by atoms with Gasteiger partial charge in [-0.05, 0) is 64.2 Å². The summed E-state index contributed by atoms with van der Waals surface area (Å²) < 4.78 is 18.7. The summed E-state index contributed by atoms with van der Waals surface area (Å²) in [6.07, 6.45) is 4.80. The first kappa shape index (κ1) is 20.6. The standard InChI is InChI=1S/C22H31FN2O3/c1-21(2,3)28-20(27)25-14-10-16(11-15-25)19(26)24-22(12-4-5-13-22)17-6-8-18(23)9-7-17/h6-9,16H,4-5,10-15H2,1-3H3,(H,24,26). The van der Waals surface area contributed by atoms with E-state index in [9.17, 15) is 14.0 Å². The minimum Gasteiger partial charge on any atom is -0.444 e. The van der Waals surface area contributed by atoms with Gasteiger partial charge in [-0.2, -0.15) is 0 Å². The van der Waals surface area contributed by atoms with Crippen molar-refractivity contribution in [1.29, 1.82) is 0 Å². The van der Waals surface area contributed by atoms with E-state index in [2.05, 4.69) is 5.32 Å². The quantitative estimate of drug-likeness (QED) is 0.834. The number of ether oxygens (including phenoxy) is 1. The van der Waals surface area contributed by atoms with Gasteiger partial charge in [-0.15, -0.1) is 0 Å². The number of nitrogens with zero attached hydrogens (tertiary/aromatic N) is 1. The van der Waals surface area contributed by atoms with Crippen LogP contribution >= 0.6 is 0 Å². The predicted molar refractivity (Wildman–Crippen MR) is 105 cm³/mol. The highest BCUT2D eigenvalue weighted by Gasteiger charge is 2.39. The average molecular weight is 390 g/mol. The Kier molecular flexibility index (Phi) is 5.96. The third kappa shape index (κ3) is 4.83. The Morgan fingerprint density at radius 2 is 1.68 bits per heavy atom. The normalized spacial score (nSPS) is 20.1. The molecule has 0 spiro atoms. The van der Waals surface area contributed by atoms with E-state index in [1.54, 1.807) is 17.0 Å². The molecule has 0 atom stereocenters. The van der Waals surface area contributed by atoms with Crippen molar-refractivity contribution in [3.63, 3.8) is 0 Å². The molecule has 1 aromatic carbocycles. The molecule has 2 fully saturated rings. The Bertz CT molecular complexity index is 697. The van der Waals surface area contributed by atoms with Crippen LogP contribution in [0.3, 0.4) is 0 Å². The van der Waals surface area contributed by atoms with Gasteiger partial charge in [0.25, 0.3) is 0 Å². The molecule has 0 bridgehead atoms. The molecule has 2 aliphatic rings. The van der Waals surface area contributed by atoms with Gasteiger partial charge >= 0.3 is 6.09 Å². The summed E-state index contributed by atoms with van der Waals surface area (Å²) in [5.74, 6) is -0.343. The van der Waals surface area contributed by atoms with Gasteiger partial charge in [0.05, 0.1) is 5.54 Å². The van der Waals surface area contributed by atoms with Crippen LogP contribution in [0.1, 0.15) is 64.9 Å². The lowest BCUT2D eigenvalue weighted by Crippen LogP contribution is -2.49. The van der Waals surface area contributed by atoms with Crippen LogP contribution in [0, 0.1) is 11.7 Å². The van der Waals surface area contributed by atoms with Gasteiger partial charge in [0.1, 0.15) is 11.4 Å². The number of hydrogen-bond acceptors (Lipinski definition) is 3. The number of piperidine rings is 1. The van der Waals surface area contributed by atoms with E-state index < -0.39 is 11.1 Å². The van der Waals surface area contributed by atoms with E-state index in [4.69, 9.17) is 4.74 Å². The summed E-state index contributed by atoms with van der Waals surface area (Å²) in [4.78, 5) is 26.9. The lowest BCUT2D eigenvalue weighted by molar-refractivity contribution is -0.128. The molecule has 1 saturated heterocycles. The van der Waals surface area contributed by atoms with Crippen molar-refractivity contribution in [2.75, 3.05) is 13.1 Å². The number of halogens is 1. The van der Waals surface area contributed by atoms with Crippen LogP contribution in [-0.4, -0.2) is 35.6 Å². The molecule has 28 heavy (non-hydrogen) atoms. The Hall–Kier alpha value is -2.11. The number of amides is 2. The fraction of sp³-hybridized carbons (Fsp3) is 0.636. The highest BCUT2D eigenvalue weighted by molar-refractivity contribution is 5.80. The van der Waals surface area contributed by atoms with Crippen molar-refractivity contribution in [2.24, 2.45) is 5.92 Å². The Morgan fingerprint density at radius 3 is 2.21 bits per heavy atom. The van der Waals surface area contributed by atoms with Gasteiger partial charge < -0.3 is 15.0 Å². The maximum atomic E-state index is 13.3. The molecule has 1 aliphatic carbocycles. The fourth-order valence-corrected chi connectivity index (χ4v) is 4.22. The Balaban J connectivity index is 1.60. The van der Waals surface area contributed by atoms with E-state index in [0.717, 1.165) is 31.2 Å². The molecule has 2 amide bonds. The van der Waals surface area contributed by atoms with E-state index in [1.165, 1.54) is 12.1 Å². The van der Waals surface area contributed by atoms with E-state index in [1.807, 2.05) is 20.8 Å². The highest BCUT2D eigenvalue weighted by Crippen LogP contribution is 2.39. The molecule has 1 aliphatic heterocycles. The third-order valence-corrected chi connectivity index (χ3v) is 5.73. The summed E-state index contributed by atoms with van der Waals surface area (Å²) in [5, 5.41) is 3.28. The summed E-state index contributed by atoms with van der Waals surface area (Å²) in [6.45, 7) is 6.60. The molecule has 1 saturated carbocycles. The average Bonchev–Trinajstić information content (AvgIpc) is 3.10. The topological polar surface area (TPSA) is 58.6 Å². The van der Waals surface area contributed by atoms with Gasteiger partial charge in [-0.3, -0.25) is 4.79 Å². The molecule has 1 aromatic rings. The van der Waals surface area contributed by atoms with E-state index in [0.29, 0.717) is 25.9 Å². The van der Waals surface area contributed by atoms with Crippen molar-refractivity contribution < 1.29 is 18.7 Å². The molecule has 0 radical (unpaired) electrons. The van der Waals surface area contributed by atoms with Gasteiger partial charge in [0, 0.05) is 19.0 Å². The largest absolute Gasteiger partial charge is 0.444 e. The molecule has 6 heteroatoms. The number of carbonyl (C=O) groups excluding carboxylic acids is 2. The maximum Gasteiger partial charge on any atom is 0.410 e. The Morgan fingerprint density at radius 1 is 1.11 bits per heavy atom. The number of likely N-dealkylation sites (tertiary alicyclic amines) is 1. The summed E-state index contributed by atoms with van der Waals surface area (Å²) >= 11 is 0. The maximum absolute atomic E-state index is 13.3. The summed E-state index contributed by atoms with van der Waals surface area (Å²) in [5.41, 5.74) is 0.0634. The monoisotopic (exact) mass is 390 g/mol. The number of hydrogen-bond donors (Lipinski definition) is 1. The number of benzene rings is 1. The van der Waals surface area contributed by atoms with E-state index >= 15 is 0 Å². The summed E-state index contributed by atoms with van der Waals surface area (Å²) in [7, 11) is 0. The first-order valence-electron chi connectivity index (χ1n) is 10.2. The number of rotatable bonds is 3. The zero-order chi connectivity index (χ0) is 20.4. The van der Waals surface area contributed by atoms with Crippen molar-refractivity contribution in [3.05, 3.63) is 35.6 Å². The summed E-state index contributed by atoms with van der Waals surface area (Å²) in [6, 6.07) is 6.49. The van der Waals surface area contributed by atoms with Gasteiger partial charge in [0.15, 0.2) is 0 Å². The molecule has 0 unspecified atom stereocenters. The molecule has 5 nitrogen and oxygen atoms in total. The second-order valence-electron chi connectivity index (χ2n) is 9.03. The van der Waals surface area contributed by atoms with Crippen LogP contribution in [0.25, 0.3) is 0 Å². The molecular weight excluding hydrogens is 359 g/mol. The van der Waals surface area contributed by atoms with Crippen LogP contribution < -0.4 is 5.32 Å². The number of nitrogens with one attached hydrogen (secondary N) is 1. The van der Waals surface area contributed by atoms with E-state index in [-0.39, 0.29) is 23.7 Å². The second kappa shape index (κ2) is 8.10. The first-order valence-corrected chi connectivity index (χ1v) is 10.2. The Labute approximate surface area is 166 Å². The fourth-order valence-electron chi connectivity index (χ4n) is 4.22. The molecule has 0 aromatic heterocycles. The van der Waals surface area contributed by atoms with Gasteiger partial charge in [0.2, 0.25) is 5.91 Å². The van der Waals surface area contributed by atoms with Crippen LogP contribution in [0.4, 0.5) is 9.18 Å². The second-order valence-corrected chi connectivity index (χ2v) is 9.03. The van der Waals surface area contributed by atoms with Crippen molar-refractivity contribution in [1.82, 2.24) is 10.2 Å². The van der Waals surface area contributed by atoms with Crippen molar-refractivity contribution >= 4 is 12.0 Å². The minimum atomic E-state index is -0.519. The van der Waals surface area contributed by atoms with Crippen LogP contribution in [0.2, 0.25) is 0 Å². The SMILES string of the molecule is CC(C)(C)OC(=O)N1CCC(C(=O)NC2(c3ccc(F)cc3)CCCC2)CC1. The third-order valence-electron chi connectivity index (χ3n) is 5.73.